The summed E-state index contributed by atoms with van der Waals surface area (Å²) in [6, 6.07) is 6.99. The van der Waals surface area contributed by atoms with Crippen molar-refractivity contribution in [3.8, 4) is 11.4 Å². The van der Waals surface area contributed by atoms with Gasteiger partial charge in [0.1, 0.15) is 5.75 Å². The van der Waals surface area contributed by atoms with Crippen LogP contribution in [0.2, 0.25) is 0 Å². The summed E-state index contributed by atoms with van der Waals surface area (Å²) in [5, 5.41) is 16.4. The van der Waals surface area contributed by atoms with Gasteiger partial charge in [0.05, 0.1) is 35.1 Å². The van der Waals surface area contributed by atoms with Crippen LogP contribution in [0.1, 0.15) is 5.69 Å². The Kier molecular flexibility index (Phi) is 5.31. The Morgan fingerprint density at radius 3 is 2.58 bits per heavy atom. The molecule has 2 aromatic heterocycles. The molecule has 2 N–H and O–H groups in total. The second-order valence-electron chi connectivity index (χ2n) is 6.85. The van der Waals surface area contributed by atoms with Gasteiger partial charge < -0.3 is 24.8 Å². The summed E-state index contributed by atoms with van der Waals surface area (Å²) in [5.41, 5.74) is 2.16. The average Bonchev–Trinajstić information content (AvgIpc) is 3.04. The summed E-state index contributed by atoms with van der Waals surface area (Å²) in [6.45, 7) is 1.26. The van der Waals surface area contributed by atoms with E-state index >= 15 is 0 Å². The van der Waals surface area contributed by atoms with Crippen LogP contribution in [0.5, 0.6) is 5.75 Å². The third kappa shape index (κ3) is 4.33. The molecular weight excluding hydrogens is 419 g/mol. The highest BCUT2D eigenvalue weighted by atomic mass is 19.4. The molecule has 0 spiro atoms. The molecule has 31 heavy (non-hydrogen) atoms. The molecule has 9 nitrogen and oxygen atoms in total. The standard InChI is InChI=1S/C19H18F3N5O4/c1-30-13-9-26(10-13)15-6-7-23-17-16(15)14(8-24-18(28)29)25-27(17)11-2-4-12(5-3-11)31-19(20,21)22/h2-7,13,24H,8-10H2,1H3,(H,28,29). The van der Waals surface area contributed by atoms with E-state index in [4.69, 9.17) is 9.84 Å². The van der Waals surface area contributed by atoms with Crippen LogP contribution in [0.4, 0.5) is 23.7 Å². The maximum atomic E-state index is 12.4. The molecule has 1 amide bonds. The Balaban J connectivity index is 1.74. The molecule has 1 aliphatic rings. The summed E-state index contributed by atoms with van der Waals surface area (Å²) in [4.78, 5) is 17.5. The van der Waals surface area contributed by atoms with Crippen LogP contribution in [0.25, 0.3) is 16.7 Å². The monoisotopic (exact) mass is 437 g/mol. The third-order valence-electron chi connectivity index (χ3n) is 4.86. The lowest BCUT2D eigenvalue weighted by molar-refractivity contribution is -0.274. The van der Waals surface area contributed by atoms with E-state index < -0.39 is 12.5 Å². The van der Waals surface area contributed by atoms with Gasteiger partial charge in [0.2, 0.25) is 0 Å². The number of rotatable bonds is 6. The van der Waals surface area contributed by atoms with Gasteiger partial charge in [0.25, 0.3) is 0 Å². The minimum Gasteiger partial charge on any atom is -0.465 e. The minimum absolute atomic E-state index is 0.0612. The van der Waals surface area contributed by atoms with Crippen LogP contribution in [0.3, 0.4) is 0 Å². The normalized spacial score (nSPS) is 14.5. The van der Waals surface area contributed by atoms with Crippen LogP contribution >= 0.6 is 0 Å². The number of pyridine rings is 1. The first-order valence-electron chi connectivity index (χ1n) is 9.22. The molecule has 12 heteroatoms. The Hall–Kier alpha value is -3.54. The lowest BCUT2D eigenvalue weighted by atomic mass is 10.1. The summed E-state index contributed by atoms with van der Waals surface area (Å²) in [5.74, 6) is -0.361. The number of fused-ring (bicyclic) bond motifs is 1. The molecule has 3 heterocycles. The van der Waals surface area contributed by atoms with Crippen molar-refractivity contribution in [1.29, 1.82) is 0 Å². The molecule has 1 saturated heterocycles. The molecule has 0 unspecified atom stereocenters. The smallest absolute Gasteiger partial charge is 0.465 e. The Bertz CT molecular complexity index is 1090. The maximum Gasteiger partial charge on any atom is 0.573 e. The SMILES string of the molecule is COC1CN(c2ccnc3c2c(CNC(=O)O)nn3-c2ccc(OC(F)(F)F)cc2)C1. The average molecular weight is 437 g/mol. The van der Waals surface area contributed by atoms with E-state index in [1.165, 1.54) is 28.9 Å². The molecular formula is C19H18F3N5O4. The van der Waals surface area contributed by atoms with Crippen LogP contribution < -0.4 is 15.0 Å². The number of carboxylic acid groups (broad SMARTS) is 1. The van der Waals surface area contributed by atoms with Crippen molar-refractivity contribution in [1.82, 2.24) is 20.1 Å². The summed E-state index contributed by atoms with van der Waals surface area (Å²) >= 11 is 0. The molecule has 0 atom stereocenters. The van der Waals surface area contributed by atoms with E-state index in [-0.39, 0.29) is 18.4 Å². The molecule has 1 fully saturated rings. The number of anilines is 1. The number of hydrogen-bond donors (Lipinski definition) is 2. The zero-order valence-corrected chi connectivity index (χ0v) is 16.3. The van der Waals surface area contributed by atoms with E-state index in [0.717, 1.165) is 5.69 Å². The van der Waals surface area contributed by atoms with Crippen molar-refractivity contribution in [2.24, 2.45) is 0 Å². The number of carbonyl (C=O) groups is 1. The molecule has 3 aromatic rings. The van der Waals surface area contributed by atoms with E-state index in [0.29, 0.717) is 35.5 Å². The zero-order valence-electron chi connectivity index (χ0n) is 16.3. The largest absolute Gasteiger partial charge is 0.573 e. The summed E-state index contributed by atoms with van der Waals surface area (Å²) in [6.07, 6.45) is -4.29. The molecule has 1 aromatic carbocycles. The Labute approximate surface area is 174 Å². The van der Waals surface area contributed by atoms with Crippen molar-refractivity contribution in [2.75, 3.05) is 25.1 Å². The first-order valence-corrected chi connectivity index (χ1v) is 9.22. The zero-order chi connectivity index (χ0) is 22.2. The lowest BCUT2D eigenvalue weighted by Crippen LogP contribution is -2.52. The van der Waals surface area contributed by atoms with E-state index in [1.807, 2.05) is 6.07 Å². The van der Waals surface area contributed by atoms with Crippen molar-refractivity contribution in [3.05, 3.63) is 42.2 Å². The number of benzene rings is 1. The predicted octanol–water partition coefficient (Wildman–Crippen LogP) is 2.92. The molecule has 164 valence electrons. The van der Waals surface area contributed by atoms with Crippen LogP contribution in [-0.4, -0.2) is 58.6 Å². The Morgan fingerprint density at radius 2 is 1.97 bits per heavy atom. The second-order valence-corrected chi connectivity index (χ2v) is 6.85. The minimum atomic E-state index is -4.79. The molecule has 0 bridgehead atoms. The van der Waals surface area contributed by atoms with Gasteiger partial charge in [-0.25, -0.2) is 14.5 Å². The first kappa shape index (κ1) is 20.7. The van der Waals surface area contributed by atoms with Crippen LogP contribution in [0.15, 0.2) is 36.5 Å². The van der Waals surface area contributed by atoms with E-state index in [9.17, 15) is 18.0 Å². The van der Waals surface area contributed by atoms with Gasteiger partial charge in [-0.05, 0) is 30.3 Å². The van der Waals surface area contributed by atoms with Crippen molar-refractivity contribution in [2.45, 2.75) is 19.0 Å². The predicted molar refractivity (Wildman–Crippen MR) is 103 cm³/mol. The van der Waals surface area contributed by atoms with Crippen molar-refractivity contribution >= 4 is 22.8 Å². The van der Waals surface area contributed by atoms with Crippen LogP contribution in [0, 0.1) is 0 Å². The fourth-order valence-electron chi connectivity index (χ4n) is 3.40. The topological polar surface area (TPSA) is 102 Å². The van der Waals surface area contributed by atoms with Crippen molar-refractivity contribution < 1.29 is 32.5 Å². The van der Waals surface area contributed by atoms with Gasteiger partial charge >= 0.3 is 12.5 Å². The number of alkyl halides is 3. The van der Waals surface area contributed by atoms with Gasteiger partial charge in [-0.3, -0.25) is 0 Å². The number of nitrogens with one attached hydrogen (secondary N) is 1. The fourth-order valence-corrected chi connectivity index (χ4v) is 3.40. The number of methoxy groups -OCH3 is 1. The van der Waals surface area contributed by atoms with Gasteiger partial charge in [-0.2, -0.15) is 5.10 Å². The summed E-state index contributed by atoms with van der Waals surface area (Å²) in [7, 11) is 1.64. The molecule has 1 aliphatic heterocycles. The molecule has 4 rings (SSSR count). The highest BCUT2D eigenvalue weighted by molar-refractivity contribution is 5.93. The van der Waals surface area contributed by atoms with E-state index in [2.05, 4.69) is 25.0 Å². The number of nitrogens with zero attached hydrogens (tertiary/aromatic N) is 4. The fraction of sp³-hybridized carbons (Fsp3) is 0.316. The quantitative estimate of drug-likeness (QED) is 0.611. The van der Waals surface area contributed by atoms with Gasteiger partial charge in [0.15, 0.2) is 5.65 Å². The molecule has 0 radical (unpaired) electrons. The van der Waals surface area contributed by atoms with Crippen molar-refractivity contribution in [3.63, 3.8) is 0 Å². The highest BCUT2D eigenvalue weighted by Gasteiger charge is 2.31. The second kappa shape index (κ2) is 7.95. The lowest BCUT2D eigenvalue weighted by Gasteiger charge is -2.40. The number of aromatic nitrogens is 3. The van der Waals surface area contributed by atoms with Gasteiger partial charge in [0, 0.05) is 26.4 Å². The van der Waals surface area contributed by atoms with E-state index in [1.54, 1.807) is 13.3 Å². The number of halogens is 3. The number of ether oxygens (including phenoxy) is 2. The maximum absolute atomic E-state index is 12.4. The van der Waals surface area contributed by atoms with Gasteiger partial charge in [-0.1, -0.05) is 0 Å². The third-order valence-corrected chi connectivity index (χ3v) is 4.86. The summed E-state index contributed by atoms with van der Waals surface area (Å²) < 4.78 is 47.9. The molecule has 0 saturated carbocycles. The molecule has 0 aliphatic carbocycles. The number of hydrogen-bond acceptors (Lipinski definition) is 6. The highest BCUT2D eigenvalue weighted by Crippen LogP contribution is 2.33. The van der Waals surface area contributed by atoms with Gasteiger partial charge in [-0.15, -0.1) is 13.2 Å². The number of amides is 1. The Morgan fingerprint density at radius 1 is 1.26 bits per heavy atom. The van der Waals surface area contributed by atoms with Crippen LogP contribution in [-0.2, 0) is 11.3 Å². The first-order chi connectivity index (χ1) is 14.7.